The highest BCUT2D eigenvalue weighted by Crippen LogP contribution is 2.32. The van der Waals surface area contributed by atoms with Gasteiger partial charge in [0.05, 0.1) is 17.7 Å². The number of rotatable bonds is 12. The first-order valence-corrected chi connectivity index (χ1v) is 11.5. The number of amides is 2. The number of methoxy groups -OCH3 is 1. The summed E-state index contributed by atoms with van der Waals surface area (Å²) in [5.74, 6) is 1.07. The number of unbranched alkanes of at least 4 members (excludes halogenated alkanes) is 1. The molecule has 184 valence electrons. The van der Waals surface area contributed by atoms with E-state index in [0.29, 0.717) is 48.2 Å². The third kappa shape index (κ3) is 7.94. The van der Waals surface area contributed by atoms with Crippen LogP contribution in [-0.2, 0) is 11.3 Å². The maximum absolute atomic E-state index is 12.8. The molecule has 0 bridgehead atoms. The average Bonchev–Trinajstić information content (AvgIpc) is 2.89. The van der Waals surface area contributed by atoms with Crippen LogP contribution in [-0.4, -0.2) is 41.5 Å². The van der Waals surface area contributed by atoms with Crippen LogP contribution in [0.5, 0.6) is 17.2 Å². The second-order valence-electron chi connectivity index (χ2n) is 7.70. The molecule has 0 unspecified atom stereocenters. The number of nitrogens with zero attached hydrogens (tertiary/aromatic N) is 2. The number of hydrogen-bond donors (Lipinski definition) is 3. The van der Waals surface area contributed by atoms with Crippen molar-refractivity contribution < 1.29 is 19.1 Å². The van der Waals surface area contributed by atoms with E-state index < -0.39 is 11.9 Å². The molecule has 3 aromatic rings. The molecule has 1 aromatic heterocycles. The normalized spacial score (nSPS) is 11.4. The van der Waals surface area contributed by atoms with Gasteiger partial charge in [-0.1, -0.05) is 23.7 Å². The monoisotopic (exact) mass is 497 g/mol. The molecule has 10 heteroatoms. The van der Waals surface area contributed by atoms with Crippen molar-refractivity contribution in [1.29, 1.82) is 0 Å². The molecule has 3 rings (SSSR count). The van der Waals surface area contributed by atoms with Gasteiger partial charge in [-0.05, 0) is 55.6 Å². The number of hydrogen-bond acceptors (Lipinski definition) is 7. The van der Waals surface area contributed by atoms with Gasteiger partial charge in [0, 0.05) is 25.0 Å². The smallest absolute Gasteiger partial charge is 0.255 e. The molecule has 0 saturated heterocycles. The molecule has 2 amide bonds. The Morgan fingerprint density at radius 3 is 2.43 bits per heavy atom. The summed E-state index contributed by atoms with van der Waals surface area (Å²) in [6.45, 7) is 0.811. The van der Waals surface area contributed by atoms with E-state index in [4.69, 9.17) is 26.8 Å². The fourth-order valence-electron chi connectivity index (χ4n) is 3.23. The number of nitrogens with one attached hydrogen (secondary N) is 2. The zero-order valence-electron chi connectivity index (χ0n) is 19.4. The molecule has 0 radical (unpaired) electrons. The number of aromatic nitrogens is 2. The summed E-state index contributed by atoms with van der Waals surface area (Å²) >= 11 is 6.23. The van der Waals surface area contributed by atoms with E-state index in [2.05, 4.69) is 20.6 Å². The van der Waals surface area contributed by atoms with Crippen LogP contribution < -0.4 is 25.8 Å². The molecule has 4 N–H and O–H groups in total. The molecule has 1 atom stereocenters. The van der Waals surface area contributed by atoms with E-state index in [1.165, 1.54) is 18.7 Å². The number of nitrogens with two attached hydrogens (primary N) is 1. The second-order valence-corrected chi connectivity index (χ2v) is 8.11. The predicted octanol–water partition coefficient (Wildman–Crippen LogP) is 3.47. The number of carbonyl (C=O) groups excluding carboxylic acids is 2. The third-order valence-corrected chi connectivity index (χ3v) is 5.44. The minimum atomic E-state index is -0.700. The molecule has 0 saturated carbocycles. The Kier molecular flexibility index (Phi) is 9.82. The first-order chi connectivity index (χ1) is 17.0. The van der Waals surface area contributed by atoms with E-state index in [1.54, 1.807) is 37.4 Å². The highest BCUT2D eigenvalue weighted by molar-refractivity contribution is 6.32. The zero-order chi connectivity index (χ0) is 25.0. The van der Waals surface area contributed by atoms with Gasteiger partial charge in [0.2, 0.25) is 5.91 Å². The standard InChI is InChI=1S/C25H28ClN5O4/c1-34-20-9-10-23(21(26)12-20)35-19-7-5-17(6-8-19)13-30-25(33)22(4-2-3-11-27)31-24(32)18-14-28-16-29-15-18/h5-10,12,14-16,22H,2-4,11,13,27H2,1H3,(H,30,33)(H,31,32)/t22-/m0/s1. The Labute approximate surface area is 209 Å². The number of ether oxygens (including phenoxy) is 2. The third-order valence-electron chi connectivity index (χ3n) is 5.15. The highest BCUT2D eigenvalue weighted by Gasteiger charge is 2.21. The number of carbonyl (C=O) groups is 2. The zero-order valence-corrected chi connectivity index (χ0v) is 20.1. The van der Waals surface area contributed by atoms with Crippen LogP contribution in [0.3, 0.4) is 0 Å². The van der Waals surface area contributed by atoms with Crippen molar-refractivity contribution >= 4 is 23.4 Å². The van der Waals surface area contributed by atoms with Crippen molar-refractivity contribution in [2.75, 3.05) is 13.7 Å². The molecule has 0 spiro atoms. The van der Waals surface area contributed by atoms with Crippen LogP contribution in [0.15, 0.2) is 61.2 Å². The lowest BCUT2D eigenvalue weighted by Crippen LogP contribution is -2.46. The average molecular weight is 498 g/mol. The molecule has 35 heavy (non-hydrogen) atoms. The van der Waals surface area contributed by atoms with E-state index >= 15 is 0 Å². The van der Waals surface area contributed by atoms with Gasteiger partial charge >= 0.3 is 0 Å². The van der Waals surface area contributed by atoms with E-state index in [-0.39, 0.29) is 11.5 Å². The second kappa shape index (κ2) is 13.3. The fraction of sp³-hybridized carbons (Fsp3) is 0.280. The first kappa shape index (κ1) is 25.9. The molecule has 1 heterocycles. The van der Waals surface area contributed by atoms with Crippen molar-refractivity contribution in [2.45, 2.75) is 31.8 Å². The van der Waals surface area contributed by atoms with Crippen LogP contribution in [0.1, 0.15) is 35.2 Å². The Morgan fingerprint density at radius 1 is 1.06 bits per heavy atom. The summed E-state index contributed by atoms with van der Waals surface area (Å²) in [5.41, 5.74) is 6.73. The van der Waals surface area contributed by atoms with Crippen LogP contribution in [0.25, 0.3) is 0 Å². The van der Waals surface area contributed by atoms with Gasteiger partial charge in [0.15, 0.2) is 0 Å². The summed E-state index contributed by atoms with van der Waals surface area (Å²) < 4.78 is 11.0. The molecular weight excluding hydrogens is 470 g/mol. The molecule has 0 aliphatic rings. The Morgan fingerprint density at radius 2 is 1.77 bits per heavy atom. The van der Waals surface area contributed by atoms with Gasteiger partial charge in [-0.3, -0.25) is 9.59 Å². The van der Waals surface area contributed by atoms with Gasteiger partial charge in [0.25, 0.3) is 5.91 Å². The van der Waals surface area contributed by atoms with E-state index in [0.717, 1.165) is 12.0 Å². The largest absolute Gasteiger partial charge is 0.497 e. The van der Waals surface area contributed by atoms with E-state index in [9.17, 15) is 9.59 Å². The Balaban J connectivity index is 1.57. The molecule has 0 fully saturated rings. The van der Waals surface area contributed by atoms with Crippen LogP contribution in [0, 0.1) is 0 Å². The molecular formula is C25H28ClN5O4. The Bertz CT molecular complexity index is 1110. The SMILES string of the molecule is COc1ccc(Oc2ccc(CNC(=O)[C@H](CCCCN)NC(=O)c3cncnc3)cc2)c(Cl)c1. The van der Waals surface area contributed by atoms with Crippen molar-refractivity contribution in [3.05, 3.63) is 77.3 Å². The van der Waals surface area contributed by atoms with Crippen molar-refractivity contribution in [3.8, 4) is 17.2 Å². The summed E-state index contributed by atoms with van der Waals surface area (Å²) in [4.78, 5) is 33.0. The van der Waals surface area contributed by atoms with Crippen molar-refractivity contribution in [2.24, 2.45) is 5.73 Å². The molecule has 2 aromatic carbocycles. The molecule has 0 aliphatic heterocycles. The fourth-order valence-corrected chi connectivity index (χ4v) is 3.43. The predicted molar refractivity (Wildman–Crippen MR) is 133 cm³/mol. The van der Waals surface area contributed by atoms with Crippen LogP contribution in [0.4, 0.5) is 0 Å². The lowest BCUT2D eigenvalue weighted by Gasteiger charge is -2.18. The topological polar surface area (TPSA) is 128 Å². The van der Waals surface area contributed by atoms with Gasteiger partial charge in [-0.2, -0.15) is 0 Å². The van der Waals surface area contributed by atoms with Crippen molar-refractivity contribution in [3.63, 3.8) is 0 Å². The summed E-state index contributed by atoms with van der Waals surface area (Å²) in [6.07, 6.45) is 6.08. The van der Waals surface area contributed by atoms with Crippen molar-refractivity contribution in [1.82, 2.24) is 20.6 Å². The number of halogens is 1. The van der Waals surface area contributed by atoms with Gasteiger partial charge in [-0.25, -0.2) is 9.97 Å². The summed E-state index contributed by atoms with van der Waals surface area (Å²) in [6, 6.07) is 11.7. The van der Waals surface area contributed by atoms with Gasteiger partial charge in [-0.15, -0.1) is 0 Å². The molecule has 9 nitrogen and oxygen atoms in total. The molecule has 0 aliphatic carbocycles. The first-order valence-electron chi connectivity index (χ1n) is 11.1. The maximum atomic E-state index is 12.8. The van der Waals surface area contributed by atoms with E-state index in [1.807, 2.05) is 12.1 Å². The van der Waals surface area contributed by atoms with Crippen LogP contribution in [0.2, 0.25) is 5.02 Å². The highest BCUT2D eigenvalue weighted by atomic mass is 35.5. The van der Waals surface area contributed by atoms with Crippen LogP contribution >= 0.6 is 11.6 Å². The minimum Gasteiger partial charge on any atom is -0.497 e. The number of benzene rings is 2. The summed E-state index contributed by atoms with van der Waals surface area (Å²) in [7, 11) is 1.57. The lowest BCUT2D eigenvalue weighted by molar-refractivity contribution is -0.123. The lowest BCUT2D eigenvalue weighted by atomic mass is 10.1. The van der Waals surface area contributed by atoms with Gasteiger partial charge in [0.1, 0.15) is 29.6 Å². The maximum Gasteiger partial charge on any atom is 0.255 e. The minimum absolute atomic E-state index is 0.280. The van der Waals surface area contributed by atoms with Gasteiger partial charge < -0.3 is 25.8 Å². The Hall–Kier alpha value is -3.69. The summed E-state index contributed by atoms with van der Waals surface area (Å²) in [5, 5.41) is 6.08. The quantitative estimate of drug-likeness (QED) is 0.327.